The SMILES string of the molecule is COc1ccc([N+](=O)[O-])c(C(N)CNC(=O)OC(C)(C)C)c1. The summed E-state index contributed by atoms with van der Waals surface area (Å²) in [5.74, 6) is 0.452. The number of carbonyl (C=O) groups is 1. The number of nitro benzene ring substituents is 1. The van der Waals surface area contributed by atoms with Crippen molar-refractivity contribution in [2.45, 2.75) is 32.4 Å². The van der Waals surface area contributed by atoms with Crippen LogP contribution in [-0.2, 0) is 4.74 Å². The highest BCUT2D eigenvalue weighted by molar-refractivity contribution is 5.67. The number of carbonyl (C=O) groups excluding carboxylic acids is 1. The fourth-order valence-corrected chi connectivity index (χ4v) is 1.74. The van der Waals surface area contributed by atoms with Crippen LogP contribution >= 0.6 is 0 Å². The number of nitrogens with one attached hydrogen (secondary N) is 1. The van der Waals surface area contributed by atoms with Gasteiger partial charge < -0.3 is 20.5 Å². The predicted octanol–water partition coefficient (Wildman–Crippen LogP) is 2.13. The Bertz CT molecular complexity index is 554. The molecule has 0 saturated heterocycles. The number of hydrogen-bond acceptors (Lipinski definition) is 6. The van der Waals surface area contributed by atoms with Gasteiger partial charge in [0.15, 0.2) is 0 Å². The zero-order valence-electron chi connectivity index (χ0n) is 13.1. The molecule has 1 unspecified atom stereocenters. The zero-order valence-corrected chi connectivity index (χ0v) is 13.1. The van der Waals surface area contributed by atoms with Gasteiger partial charge in [-0.25, -0.2) is 4.79 Å². The van der Waals surface area contributed by atoms with Gasteiger partial charge in [0, 0.05) is 12.6 Å². The number of benzene rings is 1. The summed E-state index contributed by atoms with van der Waals surface area (Å²) >= 11 is 0. The molecule has 0 aliphatic heterocycles. The van der Waals surface area contributed by atoms with Crippen molar-refractivity contribution in [3.05, 3.63) is 33.9 Å². The fourth-order valence-electron chi connectivity index (χ4n) is 1.74. The van der Waals surface area contributed by atoms with Crippen LogP contribution in [0.4, 0.5) is 10.5 Å². The molecule has 122 valence electrons. The first-order valence-electron chi connectivity index (χ1n) is 6.69. The van der Waals surface area contributed by atoms with E-state index in [1.165, 1.54) is 25.3 Å². The van der Waals surface area contributed by atoms with Crippen LogP contribution < -0.4 is 15.8 Å². The number of alkyl carbamates (subject to hydrolysis) is 1. The summed E-state index contributed by atoms with van der Waals surface area (Å²) in [6, 6.07) is 3.53. The molecular formula is C14H21N3O5. The second-order valence-corrected chi connectivity index (χ2v) is 5.67. The minimum atomic E-state index is -0.761. The summed E-state index contributed by atoms with van der Waals surface area (Å²) in [6.45, 7) is 5.21. The van der Waals surface area contributed by atoms with Gasteiger partial charge in [0.05, 0.1) is 23.6 Å². The molecule has 0 aliphatic rings. The second-order valence-electron chi connectivity index (χ2n) is 5.67. The molecule has 0 heterocycles. The van der Waals surface area contributed by atoms with Gasteiger partial charge in [-0.1, -0.05) is 0 Å². The molecule has 0 aromatic heterocycles. The van der Waals surface area contributed by atoms with E-state index in [1.54, 1.807) is 20.8 Å². The third kappa shape index (κ3) is 5.21. The smallest absolute Gasteiger partial charge is 0.407 e. The van der Waals surface area contributed by atoms with E-state index in [1.807, 2.05) is 0 Å². The molecule has 0 saturated carbocycles. The Hall–Kier alpha value is -2.35. The van der Waals surface area contributed by atoms with Crippen molar-refractivity contribution in [3.8, 4) is 5.75 Å². The molecule has 1 aromatic rings. The number of methoxy groups -OCH3 is 1. The van der Waals surface area contributed by atoms with Crippen LogP contribution in [0.3, 0.4) is 0 Å². The Labute approximate surface area is 128 Å². The first-order chi connectivity index (χ1) is 10.1. The van der Waals surface area contributed by atoms with E-state index in [9.17, 15) is 14.9 Å². The molecule has 1 amide bonds. The van der Waals surface area contributed by atoms with E-state index in [0.29, 0.717) is 5.75 Å². The van der Waals surface area contributed by atoms with Gasteiger partial charge in [0.25, 0.3) is 5.69 Å². The number of rotatable bonds is 5. The molecule has 1 aromatic carbocycles. The minimum Gasteiger partial charge on any atom is -0.497 e. The Morgan fingerprint density at radius 3 is 2.59 bits per heavy atom. The van der Waals surface area contributed by atoms with Gasteiger partial charge in [0.1, 0.15) is 11.4 Å². The Kier molecular flexibility index (Phi) is 5.69. The van der Waals surface area contributed by atoms with Crippen LogP contribution in [0.15, 0.2) is 18.2 Å². The molecule has 1 atom stereocenters. The van der Waals surface area contributed by atoms with E-state index in [4.69, 9.17) is 15.2 Å². The van der Waals surface area contributed by atoms with Crippen molar-refractivity contribution in [1.29, 1.82) is 0 Å². The maximum absolute atomic E-state index is 11.6. The topological polar surface area (TPSA) is 117 Å². The Morgan fingerprint density at radius 2 is 2.09 bits per heavy atom. The number of nitrogens with two attached hydrogens (primary N) is 1. The van der Waals surface area contributed by atoms with Gasteiger partial charge in [-0.2, -0.15) is 0 Å². The van der Waals surface area contributed by atoms with E-state index in [2.05, 4.69) is 5.32 Å². The molecule has 0 aliphatic carbocycles. The lowest BCUT2D eigenvalue weighted by Crippen LogP contribution is -2.36. The molecule has 8 nitrogen and oxygen atoms in total. The van der Waals surface area contributed by atoms with E-state index < -0.39 is 22.7 Å². The van der Waals surface area contributed by atoms with Crippen LogP contribution in [0.2, 0.25) is 0 Å². The maximum Gasteiger partial charge on any atom is 0.407 e. The van der Waals surface area contributed by atoms with Crippen molar-refractivity contribution in [2.75, 3.05) is 13.7 Å². The lowest BCUT2D eigenvalue weighted by Gasteiger charge is -2.21. The molecule has 0 bridgehead atoms. The standard InChI is InChI=1S/C14H21N3O5/c1-14(2,3)22-13(18)16-8-11(15)10-7-9(21-4)5-6-12(10)17(19)20/h5-7,11H,8,15H2,1-4H3,(H,16,18). The number of nitro groups is 1. The maximum atomic E-state index is 11.6. The normalized spacial score (nSPS) is 12.4. The number of amides is 1. The van der Waals surface area contributed by atoms with Crippen molar-refractivity contribution >= 4 is 11.8 Å². The molecular weight excluding hydrogens is 290 g/mol. The number of ether oxygens (including phenoxy) is 2. The average molecular weight is 311 g/mol. The first kappa shape index (κ1) is 17.7. The highest BCUT2D eigenvalue weighted by atomic mass is 16.6. The highest BCUT2D eigenvalue weighted by Crippen LogP contribution is 2.28. The molecule has 22 heavy (non-hydrogen) atoms. The average Bonchev–Trinajstić information content (AvgIpc) is 2.42. The van der Waals surface area contributed by atoms with Crippen molar-refractivity contribution in [2.24, 2.45) is 5.73 Å². The molecule has 0 radical (unpaired) electrons. The summed E-state index contributed by atoms with van der Waals surface area (Å²) in [7, 11) is 1.45. The number of nitrogens with zero attached hydrogens (tertiary/aromatic N) is 1. The van der Waals surface area contributed by atoms with Crippen LogP contribution in [0.5, 0.6) is 5.75 Å². The van der Waals surface area contributed by atoms with Gasteiger partial charge in [-0.05, 0) is 32.9 Å². The lowest BCUT2D eigenvalue weighted by atomic mass is 10.0. The van der Waals surface area contributed by atoms with Crippen molar-refractivity contribution in [1.82, 2.24) is 5.32 Å². The first-order valence-corrected chi connectivity index (χ1v) is 6.69. The van der Waals surface area contributed by atoms with E-state index in [0.717, 1.165) is 0 Å². The summed E-state index contributed by atoms with van der Waals surface area (Å²) in [4.78, 5) is 22.1. The number of hydrogen-bond donors (Lipinski definition) is 2. The third-order valence-electron chi connectivity index (χ3n) is 2.70. The highest BCUT2D eigenvalue weighted by Gasteiger charge is 2.22. The summed E-state index contributed by atoms with van der Waals surface area (Å²) < 4.78 is 10.1. The zero-order chi connectivity index (χ0) is 16.9. The summed E-state index contributed by atoms with van der Waals surface area (Å²) in [6.07, 6.45) is -0.631. The molecule has 3 N–H and O–H groups in total. The third-order valence-corrected chi connectivity index (χ3v) is 2.70. The molecule has 8 heteroatoms. The summed E-state index contributed by atoms with van der Waals surface area (Å²) in [5, 5.41) is 13.5. The predicted molar refractivity (Wildman–Crippen MR) is 80.8 cm³/mol. The van der Waals surface area contributed by atoms with Gasteiger partial charge in [0.2, 0.25) is 0 Å². The van der Waals surface area contributed by atoms with Crippen LogP contribution in [0, 0.1) is 10.1 Å². The minimum absolute atomic E-state index is 0.00290. The fraction of sp³-hybridized carbons (Fsp3) is 0.500. The van der Waals surface area contributed by atoms with Gasteiger partial charge in [-0.15, -0.1) is 0 Å². The van der Waals surface area contributed by atoms with Crippen molar-refractivity contribution in [3.63, 3.8) is 0 Å². The van der Waals surface area contributed by atoms with Crippen molar-refractivity contribution < 1.29 is 19.2 Å². The molecule has 0 fully saturated rings. The van der Waals surface area contributed by atoms with Crippen LogP contribution in [0.25, 0.3) is 0 Å². The van der Waals surface area contributed by atoms with Gasteiger partial charge in [-0.3, -0.25) is 10.1 Å². The quantitative estimate of drug-likeness (QED) is 0.635. The van der Waals surface area contributed by atoms with Gasteiger partial charge >= 0.3 is 6.09 Å². The molecule has 0 spiro atoms. The van der Waals surface area contributed by atoms with E-state index >= 15 is 0 Å². The largest absolute Gasteiger partial charge is 0.497 e. The van der Waals surface area contributed by atoms with Crippen LogP contribution in [0.1, 0.15) is 32.4 Å². The molecule has 1 rings (SSSR count). The second kappa shape index (κ2) is 7.08. The lowest BCUT2D eigenvalue weighted by molar-refractivity contribution is -0.385. The Balaban J connectivity index is 2.82. The summed E-state index contributed by atoms with van der Waals surface area (Å²) in [5.41, 5.74) is 5.46. The Morgan fingerprint density at radius 1 is 1.45 bits per heavy atom. The van der Waals surface area contributed by atoms with E-state index in [-0.39, 0.29) is 17.8 Å². The van der Waals surface area contributed by atoms with Crippen LogP contribution in [-0.4, -0.2) is 30.3 Å². The monoisotopic (exact) mass is 311 g/mol.